The zero-order chi connectivity index (χ0) is 15.4. The molecule has 4 N–H and O–H groups in total. The van der Waals surface area contributed by atoms with Gasteiger partial charge < -0.3 is 15.8 Å². The van der Waals surface area contributed by atoms with Crippen LogP contribution < -0.4 is 11.1 Å². The maximum absolute atomic E-state index is 11.9. The molecule has 0 radical (unpaired) electrons. The second-order valence-corrected chi connectivity index (χ2v) is 4.69. The molecule has 2 rings (SSSR count). The van der Waals surface area contributed by atoms with E-state index in [4.69, 9.17) is 10.5 Å². The molecule has 0 bridgehead atoms. The van der Waals surface area contributed by atoms with Crippen molar-refractivity contribution >= 4 is 23.3 Å². The Morgan fingerprint density at radius 2 is 1.95 bits per heavy atom. The van der Waals surface area contributed by atoms with Crippen LogP contribution in [0, 0.1) is 0 Å². The molecule has 0 aliphatic carbocycles. The van der Waals surface area contributed by atoms with Gasteiger partial charge in [-0.2, -0.15) is 5.10 Å². The minimum absolute atomic E-state index is 0.180. The van der Waals surface area contributed by atoms with Crippen molar-refractivity contribution in [1.29, 1.82) is 0 Å². The Labute approximate surface area is 121 Å². The number of benzene rings is 1. The summed E-state index contributed by atoms with van der Waals surface area (Å²) in [7, 11) is 0. The number of carbonyl (C=O) groups excluding carboxylic acids is 2. The lowest BCUT2D eigenvalue weighted by atomic mass is 10.2. The summed E-state index contributed by atoms with van der Waals surface area (Å²) in [5.74, 6) is -0.803. The number of H-pyrrole nitrogens is 1. The van der Waals surface area contributed by atoms with Crippen molar-refractivity contribution in [2.24, 2.45) is 0 Å². The SMILES string of the molecule is CC(C)OC(=O)c1ccc(NC(=O)c2[nH]ncc2N)cc1. The summed E-state index contributed by atoms with van der Waals surface area (Å²) >= 11 is 0. The van der Waals surface area contributed by atoms with Crippen molar-refractivity contribution in [2.75, 3.05) is 11.1 Å². The number of nitrogen functional groups attached to an aromatic ring is 1. The third kappa shape index (κ3) is 3.59. The molecule has 1 amide bonds. The fourth-order valence-corrected chi connectivity index (χ4v) is 1.64. The van der Waals surface area contributed by atoms with E-state index in [1.54, 1.807) is 38.1 Å². The highest BCUT2D eigenvalue weighted by Crippen LogP contribution is 2.14. The molecule has 0 aliphatic heterocycles. The minimum atomic E-state index is -0.402. The smallest absolute Gasteiger partial charge is 0.338 e. The molecular formula is C14H16N4O3. The number of rotatable bonds is 4. The van der Waals surface area contributed by atoms with Crippen molar-refractivity contribution in [3.05, 3.63) is 41.7 Å². The molecule has 0 unspecified atom stereocenters. The van der Waals surface area contributed by atoms with E-state index in [9.17, 15) is 9.59 Å². The maximum atomic E-state index is 11.9. The van der Waals surface area contributed by atoms with Gasteiger partial charge in [0.1, 0.15) is 5.69 Å². The first-order chi connectivity index (χ1) is 9.97. The Morgan fingerprint density at radius 1 is 1.29 bits per heavy atom. The second kappa shape index (κ2) is 6.08. The van der Waals surface area contributed by atoms with Crippen LogP contribution in [-0.2, 0) is 4.74 Å². The molecule has 1 heterocycles. The highest BCUT2D eigenvalue weighted by atomic mass is 16.5. The zero-order valence-corrected chi connectivity index (χ0v) is 11.7. The molecular weight excluding hydrogens is 272 g/mol. The number of nitrogens with one attached hydrogen (secondary N) is 2. The van der Waals surface area contributed by atoms with Crippen molar-refractivity contribution < 1.29 is 14.3 Å². The molecule has 0 fully saturated rings. The topological polar surface area (TPSA) is 110 Å². The van der Waals surface area contributed by atoms with Crippen LogP contribution in [0.2, 0.25) is 0 Å². The monoisotopic (exact) mass is 288 g/mol. The van der Waals surface area contributed by atoms with Gasteiger partial charge in [0, 0.05) is 5.69 Å². The van der Waals surface area contributed by atoms with E-state index in [2.05, 4.69) is 15.5 Å². The third-order valence-corrected chi connectivity index (χ3v) is 2.62. The summed E-state index contributed by atoms with van der Waals surface area (Å²) in [5, 5.41) is 8.84. The van der Waals surface area contributed by atoms with Gasteiger partial charge in [0.25, 0.3) is 5.91 Å². The highest BCUT2D eigenvalue weighted by Gasteiger charge is 2.13. The number of ether oxygens (including phenoxy) is 1. The lowest BCUT2D eigenvalue weighted by Crippen LogP contribution is -2.15. The molecule has 1 aromatic heterocycles. The summed E-state index contributed by atoms with van der Waals surface area (Å²) in [6.45, 7) is 3.56. The first-order valence-electron chi connectivity index (χ1n) is 6.38. The van der Waals surface area contributed by atoms with Gasteiger partial charge >= 0.3 is 5.97 Å². The Bertz CT molecular complexity index is 646. The molecule has 0 saturated heterocycles. The first-order valence-corrected chi connectivity index (χ1v) is 6.38. The average molecular weight is 288 g/mol. The van der Waals surface area contributed by atoms with Crippen molar-refractivity contribution in [2.45, 2.75) is 20.0 Å². The van der Waals surface area contributed by atoms with E-state index >= 15 is 0 Å². The zero-order valence-electron chi connectivity index (χ0n) is 11.7. The largest absolute Gasteiger partial charge is 0.459 e. The molecule has 2 aromatic rings. The standard InChI is InChI=1S/C14H16N4O3/c1-8(2)21-14(20)9-3-5-10(6-4-9)17-13(19)12-11(15)7-16-18-12/h3-8H,15H2,1-2H3,(H,16,18)(H,17,19). The fourth-order valence-electron chi connectivity index (χ4n) is 1.64. The number of amides is 1. The van der Waals surface area contributed by atoms with Gasteiger partial charge in [0.05, 0.1) is 23.6 Å². The van der Waals surface area contributed by atoms with Crippen molar-refractivity contribution in [1.82, 2.24) is 10.2 Å². The summed E-state index contributed by atoms with van der Waals surface area (Å²) in [6.07, 6.45) is 1.18. The van der Waals surface area contributed by atoms with Crippen LogP contribution in [-0.4, -0.2) is 28.2 Å². The number of esters is 1. The van der Waals surface area contributed by atoms with E-state index in [0.29, 0.717) is 11.3 Å². The molecule has 21 heavy (non-hydrogen) atoms. The van der Waals surface area contributed by atoms with Crippen molar-refractivity contribution in [3.8, 4) is 0 Å². The van der Waals surface area contributed by atoms with Crippen LogP contribution in [0.5, 0.6) is 0 Å². The second-order valence-electron chi connectivity index (χ2n) is 4.69. The molecule has 7 nitrogen and oxygen atoms in total. The summed E-state index contributed by atoms with van der Waals surface area (Å²) in [6, 6.07) is 6.38. The van der Waals surface area contributed by atoms with E-state index in [1.165, 1.54) is 6.20 Å². The average Bonchev–Trinajstić information content (AvgIpc) is 2.85. The van der Waals surface area contributed by atoms with Gasteiger partial charge in [-0.3, -0.25) is 9.89 Å². The predicted octanol–water partition coefficient (Wildman–Crippen LogP) is 1.81. The van der Waals surface area contributed by atoms with Gasteiger partial charge in [0.15, 0.2) is 0 Å². The third-order valence-electron chi connectivity index (χ3n) is 2.62. The number of aromatic amines is 1. The number of nitrogens with two attached hydrogens (primary N) is 1. The van der Waals surface area contributed by atoms with E-state index in [1.807, 2.05) is 0 Å². The molecule has 7 heteroatoms. The van der Waals surface area contributed by atoms with Gasteiger partial charge in [-0.15, -0.1) is 0 Å². The molecule has 0 aliphatic rings. The summed E-state index contributed by atoms with van der Waals surface area (Å²) in [4.78, 5) is 23.6. The van der Waals surface area contributed by atoms with Crippen LogP contribution in [0.25, 0.3) is 0 Å². The van der Waals surface area contributed by atoms with E-state index < -0.39 is 11.9 Å². The normalized spacial score (nSPS) is 10.4. The van der Waals surface area contributed by atoms with Gasteiger partial charge in [0.2, 0.25) is 0 Å². The van der Waals surface area contributed by atoms with E-state index in [0.717, 1.165) is 0 Å². The minimum Gasteiger partial charge on any atom is -0.459 e. The molecule has 0 atom stereocenters. The van der Waals surface area contributed by atoms with Gasteiger partial charge in [-0.05, 0) is 38.1 Å². The fraction of sp³-hybridized carbons (Fsp3) is 0.214. The van der Waals surface area contributed by atoms with Gasteiger partial charge in [-0.25, -0.2) is 4.79 Å². The molecule has 1 aromatic carbocycles. The van der Waals surface area contributed by atoms with E-state index in [-0.39, 0.29) is 17.5 Å². The Balaban J connectivity index is 2.04. The Morgan fingerprint density at radius 3 is 2.48 bits per heavy atom. The highest BCUT2D eigenvalue weighted by molar-refractivity contribution is 6.06. The summed E-state index contributed by atoms with van der Waals surface area (Å²) in [5.41, 5.74) is 7.01. The molecule has 0 spiro atoms. The Kier molecular flexibility index (Phi) is 4.22. The molecule has 0 saturated carbocycles. The van der Waals surface area contributed by atoms with Crippen LogP contribution >= 0.6 is 0 Å². The number of hydrogen-bond acceptors (Lipinski definition) is 5. The lowest BCUT2D eigenvalue weighted by molar-refractivity contribution is 0.0378. The number of hydrogen-bond donors (Lipinski definition) is 3. The van der Waals surface area contributed by atoms with Crippen LogP contribution in [0.4, 0.5) is 11.4 Å². The number of carbonyl (C=O) groups is 2. The Hall–Kier alpha value is -2.83. The number of aromatic nitrogens is 2. The number of anilines is 2. The first kappa shape index (κ1) is 14.6. The quantitative estimate of drug-likeness (QED) is 0.743. The van der Waals surface area contributed by atoms with Gasteiger partial charge in [-0.1, -0.05) is 0 Å². The lowest BCUT2D eigenvalue weighted by Gasteiger charge is -2.08. The summed E-state index contributed by atoms with van der Waals surface area (Å²) < 4.78 is 5.08. The number of nitrogens with zero attached hydrogens (tertiary/aromatic N) is 1. The molecule has 110 valence electrons. The van der Waals surface area contributed by atoms with Crippen LogP contribution in [0.15, 0.2) is 30.5 Å². The van der Waals surface area contributed by atoms with Crippen LogP contribution in [0.3, 0.4) is 0 Å². The van der Waals surface area contributed by atoms with Crippen LogP contribution in [0.1, 0.15) is 34.7 Å². The van der Waals surface area contributed by atoms with Crippen molar-refractivity contribution in [3.63, 3.8) is 0 Å². The maximum Gasteiger partial charge on any atom is 0.338 e. The predicted molar refractivity (Wildman–Crippen MR) is 77.9 cm³/mol.